The largest absolute Gasteiger partial charge is 0.497 e. The third-order valence-corrected chi connectivity index (χ3v) is 4.24. The van der Waals surface area contributed by atoms with Gasteiger partial charge < -0.3 is 13.9 Å². The number of benzene rings is 2. The molecule has 0 aliphatic carbocycles. The van der Waals surface area contributed by atoms with Crippen molar-refractivity contribution in [3.8, 4) is 11.5 Å². The smallest absolute Gasteiger partial charge is 0.277 e. The normalized spacial score (nSPS) is 10.5. The van der Waals surface area contributed by atoms with Crippen LogP contribution in [0.1, 0.15) is 11.5 Å². The van der Waals surface area contributed by atoms with E-state index in [2.05, 4.69) is 10.2 Å². The summed E-state index contributed by atoms with van der Waals surface area (Å²) in [5.74, 6) is 2.25. The zero-order valence-electron chi connectivity index (χ0n) is 13.8. The average molecular weight is 373 g/mol. The first-order valence-corrected chi connectivity index (χ1v) is 8.58. The summed E-state index contributed by atoms with van der Waals surface area (Å²) in [4.78, 5) is 10.4. The van der Waals surface area contributed by atoms with E-state index in [1.165, 1.54) is 23.9 Å². The fraction of sp³-hybridized carbons (Fsp3) is 0.176. The molecule has 0 bridgehead atoms. The molecule has 0 aliphatic heterocycles. The van der Waals surface area contributed by atoms with Crippen molar-refractivity contribution in [3.05, 3.63) is 70.1 Å². The summed E-state index contributed by atoms with van der Waals surface area (Å²) >= 11 is 1.31. The number of methoxy groups -OCH3 is 1. The number of nitro benzene ring substituents is 1. The Kier molecular flexibility index (Phi) is 5.69. The summed E-state index contributed by atoms with van der Waals surface area (Å²) in [5.41, 5.74) is 0.862. The Morgan fingerprint density at radius 1 is 1.15 bits per heavy atom. The molecule has 9 heteroatoms. The van der Waals surface area contributed by atoms with Gasteiger partial charge in [-0.3, -0.25) is 10.1 Å². The number of nitrogens with zero attached hydrogens (tertiary/aromatic N) is 3. The number of rotatable bonds is 8. The van der Waals surface area contributed by atoms with Gasteiger partial charge in [-0.2, -0.15) is 0 Å². The van der Waals surface area contributed by atoms with Gasteiger partial charge in [0, 0.05) is 17.9 Å². The molecule has 0 atom stereocenters. The van der Waals surface area contributed by atoms with Gasteiger partial charge in [0.15, 0.2) is 6.61 Å². The topological polar surface area (TPSA) is 101 Å². The van der Waals surface area contributed by atoms with Crippen LogP contribution in [-0.4, -0.2) is 22.2 Å². The fourth-order valence-corrected chi connectivity index (χ4v) is 2.80. The van der Waals surface area contributed by atoms with Crippen LogP contribution < -0.4 is 9.47 Å². The third kappa shape index (κ3) is 4.73. The summed E-state index contributed by atoms with van der Waals surface area (Å²) in [6.07, 6.45) is 0. The molecule has 0 saturated carbocycles. The lowest BCUT2D eigenvalue weighted by atomic mass is 10.2. The Labute approximate surface area is 153 Å². The molecule has 134 valence electrons. The molecule has 0 radical (unpaired) electrons. The number of aromatic nitrogens is 2. The minimum Gasteiger partial charge on any atom is -0.497 e. The van der Waals surface area contributed by atoms with Crippen LogP contribution in [0.25, 0.3) is 0 Å². The van der Waals surface area contributed by atoms with Crippen molar-refractivity contribution in [3.63, 3.8) is 0 Å². The van der Waals surface area contributed by atoms with Crippen molar-refractivity contribution in [2.24, 2.45) is 0 Å². The molecule has 0 fully saturated rings. The Hall–Kier alpha value is -3.07. The highest BCUT2D eigenvalue weighted by Gasteiger charge is 2.10. The van der Waals surface area contributed by atoms with Gasteiger partial charge in [-0.15, -0.1) is 10.2 Å². The van der Waals surface area contributed by atoms with Gasteiger partial charge in [0.2, 0.25) is 0 Å². The second-order valence-corrected chi connectivity index (χ2v) is 6.07. The molecule has 2 aromatic carbocycles. The van der Waals surface area contributed by atoms with Gasteiger partial charge >= 0.3 is 0 Å². The number of non-ortho nitro benzene ring substituents is 1. The van der Waals surface area contributed by atoms with E-state index < -0.39 is 4.92 Å². The number of hydrogen-bond acceptors (Lipinski definition) is 8. The quantitative estimate of drug-likeness (QED) is 0.333. The summed E-state index contributed by atoms with van der Waals surface area (Å²) < 4.78 is 16.2. The maximum atomic E-state index is 10.8. The van der Waals surface area contributed by atoms with E-state index in [1.54, 1.807) is 37.4 Å². The van der Waals surface area contributed by atoms with Gasteiger partial charge in [-0.05, 0) is 29.8 Å². The summed E-state index contributed by atoms with van der Waals surface area (Å²) in [6, 6.07) is 13.6. The van der Waals surface area contributed by atoms with Gasteiger partial charge in [0.1, 0.15) is 11.5 Å². The van der Waals surface area contributed by atoms with Crippen LogP contribution in [0.5, 0.6) is 11.5 Å². The maximum absolute atomic E-state index is 10.8. The SMILES string of the molecule is COc1ccc(OCc2nnc(SCc3cccc([N+](=O)[O-])c3)o2)cc1. The van der Waals surface area contributed by atoms with Crippen LogP contribution in [0.4, 0.5) is 5.69 Å². The van der Waals surface area contributed by atoms with Crippen molar-refractivity contribution >= 4 is 17.4 Å². The van der Waals surface area contributed by atoms with E-state index in [4.69, 9.17) is 13.9 Å². The zero-order valence-corrected chi connectivity index (χ0v) is 14.6. The summed E-state index contributed by atoms with van der Waals surface area (Å²) in [7, 11) is 1.60. The molecule has 3 aromatic rings. The van der Waals surface area contributed by atoms with Crippen molar-refractivity contribution < 1.29 is 18.8 Å². The maximum Gasteiger partial charge on any atom is 0.277 e. The lowest BCUT2D eigenvalue weighted by Gasteiger charge is -2.04. The second-order valence-electron chi connectivity index (χ2n) is 5.14. The highest BCUT2D eigenvalue weighted by Crippen LogP contribution is 2.24. The number of nitro groups is 1. The highest BCUT2D eigenvalue weighted by molar-refractivity contribution is 7.98. The molecule has 1 heterocycles. The van der Waals surface area contributed by atoms with Crippen molar-refractivity contribution in [2.75, 3.05) is 7.11 Å². The molecule has 0 saturated heterocycles. The highest BCUT2D eigenvalue weighted by atomic mass is 32.2. The average Bonchev–Trinajstić information content (AvgIpc) is 3.13. The molecule has 8 nitrogen and oxygen atoms in total. The molecule has 1 aromatic heterocycles. The monoisotopic (exact) mass is 373 g/mol. The van der Waals surface area contributed by atoms with E-state index in [0.29, 0.717) is 22.6 Å². The minimum absolute atomic E-state index is 0.0576. The van der Waals surface area contributed by atoms with E-state index >= 15 is 0 Å². The van der Waals surface area contributed by atoms with E-state index in [9.17, 15) is 10.1 Å². The first kappa shape index (κ1) is 17.7. The number of thioether (sulfide) groups is 1. The first-order chi connectivity index (χ1) is 12.6. The molecule has 0 aliphatic rings. The molecular weight excluding hydrogens is 358 g/mol. The van der Waals surface area contributed by atoms with E-state index in [1.807, 2.05) is 6.07 Å². The Bertz CT molecular complexity index is 882. The molecule has 0 unspecified atom stereocenters. The molecule has 0 spiro atoms. The molecule has 0 amide bonds. The van der Waals surface area contributed by atoms with Gasteiger partial charge in [0.25, 0.3) is 16.8 Å². The standard InChI is InChI=1S/C17H15N3O5S/c1-23-14-5-7-15(8-6-14)24-10-16-18-19-17(25-16)26-11-12-3-2-4-13(9-12)20(21)22/h2-9H,10-11H2,1H3. The summed E-state index contributed by atoms with van der Waals surface area (Å²) in [6.45, 7) is 0.150. The van der Waals surface area contributed by atoms with Crippen molar-refractivity contribution in [1.82, 2.24) is 10.2 Å². The second kappa shape index (κ2) is 8.34. The zero-order chi connectivity index (χ0) is 18.4. The lowest BCUT2D eigenvalue weighted by molar-refractivity contribution is -0.384. The fourth-order valence-electron chi connectivity index (χ4n) is 2.08. The lowest BCUT2D eigenvalue weighted by Crippen LogP contribution is -1.95. The molecule has 3 rings (SSSR count). The Morgan fingerprint density at radius 3 is 2.65 bits per heavy atom. The van der Waals surface area contributed by atoms with Gasteiger partial charge in [-0.25, -0.2) is 0 Å². The van der Waals surface area contributed by atoms with Crippen LogP contribution in [0, 0.1) is 10.1 Å². The molecule has 26 heavy (non-hydrogen) atoms. The predicted molar refractivity (Wildman–Crippen MR) is 94.3 cm³/mol. The van der Waals surface area contributed by atoms with E-state index in [-0.39, 0.29) is 12.3 Å². The van der Waals surface area contributed by atoms with Crippen LogP contribution in [0.2, 0.25) is 0 Å². The third-order valence-electron chi connectivity index (χ3n) is 3.35. The van der Waals surface area contributed by atoms with E-state index in [0.717, 1.165) is 11.3 Å². The first-order valence-electron chi connectivity index (χ1n) is 7.59. The molecular formula is C17H15N3O5S. The van der Waals surface area contributed by atoms with Crippen molar-refractivity contribution in [1.29, 1.82) is 0 Å². The number of ether oxygens (including phenoxy) is 2. The van der Waals surface area contributed by atoms with Crippen LogP contribution in [0.3, 0.4) is 0 Å². The van der Waals surface area contributed by atoms with Crippen LogP contribution in [-0.2, 0) is 12.4 Å². The number of hydrogen-bond donors (Lipinski definition) is 0. The van der Waals surface area contributed by atoms with Crippen LogP contribution >= 0.6 is 11.8 Å². The predicted octanol–water partition coefficient (Wildman–Crippen LogP) is 3.86. The Balaban J connectivity index is 1.52. The van der Waals surface area contributed by atoms with Gasteiger partial charge in [-0.1, -0.05) is 23.9 Å². The minimum atomic E-state index is -0.421. The van der Waals surface area contributed by atoms with Crippen LogP contribution in [0.15, 0.2) is 58.2 Å². The Morgan fingerprint density at radius 2 is 1.92 bits per heavy atom. The molecule has 0 N–H and O–H groups in total. The van der Waals surface area contributed by atoms with Gasteiger partial charge in [0.05, 0.1) is 12.0 Å². The van der Waals surface area contributed by atoms with Crippen molar-refractivity contribution in [2.45, 2.75) is 17.6 Å². The summed E-state index contributed by atoms with van der Waals surface area (Å²) in [5, 5.41) is 19.0.